The number of benzene rings is 1. The van der Waals surface area contributed by atoms with Crippen LogP contribution in [0.3, 0.4) is 0 Å². The molecule has 19 heavy (non-hydrogen) atoms. The first-order chi connectivity index (χ1) is 8.67. The Balaban J connectivity index is 2.16. The van der Waals surface area contributed by atoms with Crippen LogP contribution in [0.4, 0.5) is 10.1 Å². The summed E-state index contributed by atoms with van der Waals surface area (Å²) in [5.41, 5.74) is 2.75. The second-order valence-corrected chi connectivity index (χ2v) is 7.71. The highest BCUT2D eigenvalue weighted by Crippen LogP contribution is 2.46. The number of anilines is 1. The Morgan fingerprint density at radius 3 is 2.26 bits per heavy atom. The first-order valence-electron chi connectivity index (χ1n) is 7.20. The highest BCUT2D eigenvalue weighted by atomic mass is 19.1. The Labute approximate surface area is 116 Å². The van der Waals surface area contributed by atoms with Gasteiger partial charge in [-0.05, 0) is 54.7 Å². The lowest BCUT2D eigenvalue weighted by atomic mass is 9.63. The van der Waals surface area contributed by atoms with Crippen molar-refractivity contribution in [1.82, 2.24) is 0 Å². The summed E-state index contributed by atoms with van der Waals surface area (Å²) in [4.78, 5) is 0. The lowest BCUT2D eigenvalue weighted by molar-refractivity contribution is 0.105. The maximum absolute atomic E-state index is 13.4. The first-order valence-corrected chi connectivity index (χ1v) is 7.20. The molecule has 1 fully saturated rings. The van der Waals surface area contributed by atoms with E-state index in [-0.39, 0.29) is 5.82 Å². The normalized spacial score (nSPS) is 22.2. The Bertz CT molecular complexity index is 446. The van der Waals surface area contributed by atoms with Gasteiger partial charge >= 0.3 is 0 Å². The van der Waals surface area contributed by atoms with Gasteiger partial charge in [0.25, 0.3) is 0 Å². The summed E-state index contributed by atoms with van der Waals surface area (Å²) in [6.45, 7) is 11.4. The third kappa shape index (κ3) is 3.71. The van der Waals surface area contributed by atoms with Crippen LogP contribution in [0, 0.1) is 23.6 Å². The monoisotopic (exact) mass is 263 g/mol. The third-order valence-electron chi connectivity index (χ3n) is 4.11. The standard InChI is InChI=1S/C17H26FN/c1-12-6-7-13(18)8-15(12)19-14-9-16(2,3)11-17(4,5)10-14/h6-8,14,19H,9-11H2,1-5H3. The molecule has 1 nitrogen and oxygen atoms in total. The Morgan fingerprint density at radius 2 is 1.68 bits per heavy atom. The molecule has 1 aromatic rings. The minimum absolute atomic E-state index is 0.164. The van der Waals surface area contributed by atoms with Crippen LogP contribution in [0.2, 0.25) is 0 Å². The molecule has 2 rings (SSSR count). The number of aryl methyl sites for hydroxylation is 1. The van der Waals surface area contributed by atoms with Gasteiger partial charge < -0.3 is 5.32 Å². The highest BCUT2D eigenvalue weighted by molar-refractivity contribution is 5.51. The van der Waals surface area contributed by atoms with Crippen LogP contribution in [0.25, 0.3) is 0 Å². The number of hydrogen-bond donors (Lipinski definition) is 1. The molecule has 1 N–H and O–H groups in total. The summed E-state index contributed by atoms with van der Waals surface area (Å²) in [5.74, 6) is -0.164. The fourth-order valence-electron chi connectivity index (χ4n) is 3.92. The van der Waals surface area contributed by atoms with E-state index in [0.717, 1.165) is 24.1 Å². The predicted octanol–water partition coefficient (Wildman–Crippen LogP) is 5.15. The van der Waals surface area contributed by atoms with E-state index in [9.17, 15) is 4.39 Å². The summed E-state index contributed by atoms with van der Waals surface area (Å²) in [5, 5.41) is 3.56. The second-order valence-electron chi connectivity index (χ2n) is 7.71. The molecule has 1 aliphatic carbocycles. The van der Waals surface area contributed by atoms with Crippen LogP contribution in [0.1, 0.15) is 52.5 Å². The number of nitrogens with one attached hydrogen (secondary N) is 1. The van der Waals surface area contributed by atoms with Crippen molar-refractivity contribution in [3.63, 3.8) is 0 Å². The summed E-state index contributed by atoms with van der Waals surface area (Å²) in [7, 11) is 0. The van der Waals surface area contributed by atoms with Crippen molar-refractivity contribution >= 4 is 5.69 Å². The van der Waals surface area contributed by atoms with Crippen molar-refractivity contribution in [2.75, 3.05) is 5.32 Å². The average molecular weight is 263 g/mol. The van der Waals surface area contributed by atoms with E-state index in [1.165, 1.54) is 12.5 Å². The van der Waals surface area contributed by atoms with Crippen LogP contribution >= 0.6 is 0 Å². The fraction of sp³-hybridized carbons (Fsp3) is 0.647. The molecular weight excluding hydrogens is 237 g/mol. The maximum Gasteiger partial charge on any atom is 0.125 e. The van der Waals surface area contributed by atoms with Crippen molar-refractivity contribution in [2.45, 2.75) is 59.9 Å². The second kappa shape index (κ2) is 4.81. The maximum atomic E-state index is 13.4. The predicted molar refractivity (Wildman–Crippen MR) is 80.0 cm³/mol. The zero-order valence-corrected chi connectivity index (χ0v) is 12.8. The van der Waals surface area contributed by atoms with Gasteiger partial charge in [-0.1, -0.05) is 33.8 Å². The van der Waals surface area contributed by atoms with Gasteiger partial charge in [0.05, 0.1) is 0 Å². The van der Waals surface area contributed by atoms with Gasteiger partial charge in [-0.2, -0.15) is 0 Å². The summed E-state index contributed by atoms with van der Waals surface area (Å²) in [6.07, 6.45) is 3.54. The molecule has 0 bridgehead atoms. The smallest absolute Gasteiger partial charge is 0.125 e. The van der Waals surface area contributed by atoms with Gasteiger partial charge in [0, 0.05) is 11.7 Å². The van der Waals surface area contributed by atoms with Crippen LogP contribution < -0.4 is 5.32 Å². The first kappa shape index (κ1) is 14.4. The quantitative estimate of drug-likeness (QED) is 0.778. The topological polar surface area (TPSA) is 12.0 Å². The molecule has 0 amide bonds. The molecule has 1 aliphatic rings. The summed E-state index contributed by atoms with van der Waals surface area (Å²) < 4.78 is 13.4. The van der Waals surface area contributed by atoms with E-state index in [2.05, 4.69) is 33.0 Å². The van der Waals surface area contributed by atoms with Crippen LogP contribution in [-0.2, 0) is 0 Å². The van der Waals surface area contributed by atoms with Crippen molar-refractivity contribution in [3.05, 3.63) is 29.6 Å². The molecule has 0 radical (unpaired) electrons. The molecule has 0 unspecified atom stereocenters. The molecule has 0 saturated heterocycles. The molecule has 0 heterocycles. The lowest BCUT2D eigenvalue weighted by Crippen LogP contribution is -2.40. The van der Waals surface area contributed by atoms with E-state index < -0.39 is 0 Å². The zero-order valence-electron chi connectivity index (χ0n) is 12.8. The van der Waals surface area contributed by atoms with E-state index in [1.54, 1.807) is 6.07 Å². The number of halogens is 1. The van der Waals surface area contributed by atoms with Crippen LogP contribution in [0.5, 0.6) is 0 Å². The Hall–Kier alpha value is -1.05. The average Bonchev–Trinajstić information content (AvgIpc) is 2.18. The van der Waals surface area contributed by atoms with E-state index in [0.29, 0.717) is 16.9 Å². The molecule has 0 atom stereocenters. The van der Waals surface area contributed by atoms with Crippen molar-refractivity contribution in [1.29, 1.82) is 0 Å². The van der Waals surface area contributed by atoms with Gasteiger partial charge in [0.15, 0.2) is 0 Å². The lowest BCUT2D eigenvalue weighted by Gasteiger charge is -2.45. The minimum atomic E-state index is -0.164. The number of rotatable bonds is 2. The molecule has 106 valence electrons. The number of hydrogen-bond acceptors (Lipinski definition) is 1. The largest absolute Gasteiger partial charge is 0.382 e. The van der Waals surface area contributed by atoms with Crippen molar-refractivity contribution in [3.8, 4) is 0 Å². The molecule has 0 spiro atoms. The van der Waals surface area contributed by atoms with E-state index in [4.69, 9.17) is 0 Å². The molecule has 2 heteroatoms. The Morgan fingerprint density at radius 1 is 1.11 bits per heavy atom. The third-order valence-corrected chi connectivity index (χ3v) is 4.11. The van der Waals surface area contributed by atoms with Gasteiger partial charge in [-0.15, -0.1) is 0 Å². The van der Waals surface area contributed by atoms with Crippen LogP contribution in [-0.4, -0.2) is 6.04 Å². The summed E-state index contributed by atoms with van der Waals surface area (Å²) >= 11 is 0. The highest BCUT2D eigenvalue weighted by Gasteiger charge is 2.38. The van der Waals surface area contributed by atoms with Crippen molar-refractivity contribution in [2.24, 2.45) is 10.8 Å². The van der Waals surface area contributed by atoms with Crippen LogP contribution in [0.15, 0.2) is 18.2 Å². The molecule has 1 saturated carbocycles. The molecular formula is C17H26FN. The molecule has 0 aromatic heterocycles. The van der Waals surface area contributed by atoms with Gasteiger partial charge in [0.1, 0.15) is 5.82 Å². The van der Waals surface area contributed by atoms with Gasteiger partial charge in [0.2, 0.25) is 0 Å². The minimum Gasteiger partial charge on any atom is -0.382 e. The van der Waals surface area contributed by atoms with Gasteiger partial charge in [-0.25, -0.2) is 4.39 Å². The van der Waals surface area contributed by atoms with Gasteiger partial charge in [-0.3, -0.25) is 0 Å². The van der Waals surface area contributed by atoms with E-state index in [1.807, 2.05) is 13.0 Å². The Kier molecular flexibility index (Phi) is 3.63. The molecule has 1 aromatic carbocycles. The van der Waals surface area contributed by atoms with Crippen molar-refractivity contribution < 1.29 is 4.39 Å². The SMILES string of the molecule is Cc1ccc(F)cc1NC1CC(C)(C)CC(C)(C)C1. The summed E-state index contributed by atoms with van der Waals surface area (Å²) in [6, 6.07) is 5.41. The van der Waals surface area contributed by atoms with E-state index >= 15 is 0 Å². The molecule has 0 aliphatic heterocycles. The fourth-order valence-corrected chi connectivity index (χ4v) is 3.92. The zero-order chi connectivity index (χ0) is 14.3.